The average molecular weight is 183 g/mol. The van der Waals surface area contributed by atoms with Crippen molar-refractivity contribution in [3.8, 4) is 6.07 Å². The fourth-order valence-electron chi connectivity index (χ4n) is 0.846. The third-order valence-corrected chi connectivity index (χ3v) is 1.48. The Bertz CT molecular complexity index is 375. The van der Waals surface area contributed by atoms with Gasteiger partial charge in [-0.3, -0.25) is 0 Å². The zero-order chi connectivity index (χ0) is 10.0. The van der Waals surface area contributed by atoms with Crippen LogP contribution in [-0.2, 0) is 0 Å². The Morgan fingerprint density at radius 3 is 2.31 bits per heavy atom. The van der Waals surface area contributed by atoms with Crippen molar-refractivity contribution < 1.29 is 18.8 Å². The van der Waals surface area contributed by atoms with Gasteiger partial charge in [0.05, 0.1) is 5.56 Å². The van der Waals surface area contributed by atoms with Gasteiger partial charge in [-0.15, -0.1) is 0 Å². The van der Waals surface area contributed by atoms with Crippen LogP contribution in [0.1, 0.15) is 5.56 Å². The predicted molar refractivity (Wildman–Crippen MR) is 40.9 cm³/mol. The highest BCUT2D eigenvalue weighted by Gasteiger charge is 2.19. The molecule has 0 saturated carbocycles. The second-order valence-corrected chi connectivity index (χ2v) is 2.34. The fourth-order valence-corrected chi connectivity index (χ4v) is 0.846. The van der Waals surface area contributed by atoms with E-state index >= 15 is 0 Å². The second kappa shape index (κ2) is 3.52. The summed E-state index contributed by atoms with van der Waals surface area (Å²) in [7, 11) is -2.08. The maximum atomic E-state index is 12.8. The summed E-state index contributed by atoms with van der Waals surface area (Å²) < 4.78 is 25.6. The maximum Gasteiger partial charge on any atom is 0.491 e. The highest BCUT2D eigenvalue weighted by Crippen LogP contribution is 2.06. The number of nitrogens with zero attached hydrogens (tertiary/aromatic N) is 1. The summed E-state index contributed by atoms with van der Waals surface area (Å²) in [5.41, 5.74) is -1.06. The second-order valence-electron chi connectivity index (χ2n) is 2.34. The van der Waals surface area contributed by atoms with E-state index in [1.165, 1.54) is 6.07 Å². The van der Waals surface area contributed by atoms with E-state index in [4.69, 9.17) is 15.3 Å². The molecule has 2 N–H and O–H groups in total. The van der Waals surface area contributed by atoms with E-state index < -0.39 is 29.8 Å². The lowest BCUT2D eigenvalue weighted by atomic mass is 9.79. The molecule has 66 valence electrons. The van der Waals surface area contributed by atoms with E-state index in [9.17, 15) is 8.78 Å². The molecule has 1 aromatic carbocycles. The number of halogens is 2. The summed E-state index contributed by atoms with van der Waals surface area (Å²) in [6.45, 7) is 0. The van der Waals surface area contributed by atoms with Crippen LogP contribution < -0.4 is 5.46 Å². The molecule has 1 aromatic rings. The molecule has 0 aliphatic heterocycles. The highest BCUT2D eigenvalue weighted by molar-refractivity contribution is 6.58. The first-order chi connectivity index (χ1) is 6.06. The van der Waals surface area contributed by atoms with Crippen molar-refractivity contribution in [2.45, 2.75) is 0 Å². The Balaban J connectivity index is 3.31. The van der Waals surface area contributed by atoms with Gasteiger partial charge in [-0.05, 0) is 12.1 Å². The number of benzene rings is 1. The van der Waals surface area contributed by atoms with E-state index in [0.29, 0.717) is 12.1 Å². The van der Waals surface area contributed by atoms with Gasteiger partial charge in [-0.1, -0.05) is 0 Å². The summed E-state index contributed by atoms with van der Waals surface area (Å²) in [4.78, 5) is 0. The maximum absolute atomic E-state index is 12.8. The lowest BCUT2D eigenvalue weighted by Gasteiger charge is -2.02. The minimum atomic E-state index is -2.08. The fraction of sp³-hybridized carbons (Fsp3) is 0. The summed E-state index contributed by atoms with van der Waals surface area (Å²) in [6.07, 6.45) is 0. The van der Waals surface area contributed by atoms with Crippen molar-refractivity contribution in [3.05, 3.63) is 29.3 Å². The van der Waals surface area contributed by atoms with Gasteiger partial charge >= 0.3 is 7.12 Å². The van der Waals surface area contributed by atoms with Crippen LogP contribution in [0.3, 0.4) is 0 Å². The first kappa shape index (κ1) is 9.64. The van der Waals surface area contributed by atoms with Crippen LogP contribution in [-0.4, -0.2) is 17.2 Å². The van der Waals surface area contributed by atoms with Crippen LogP contribution in [0.4, 0.5) is 8.78 Å². The molecule has 0 unspecified atom stereocenters. The average Bonchev–Trinajstić information content (AvgIpc) is 2.07. The minimum absolute atomic E-state index is 0.470. The number of nitriles is 1. The summed E-state index contributed by atoms with van der Waals surface area (Å²) in [5.74, 6) is -2.00. The topological polar surface area (TPSA) is 64.2 Å². The van der Waals surface area contributed by atoms with Crippen LogP contribution in [0.25, 0.3) is 0 Å². The summed E-state index contributed by atoms with van der Waals surface area (Å²) in [5, 5.41) is 25.4. The number of hydrogen-bond donors (Lipinski definition) is 2. The smallest absolute Gasteiger partial charge is 0.423 e. The molecule has 0 atom stereocenters. The van der Waals surface area contributed by atoms with E-state index in [2.05, 4.69) is 0 Å². The third kappa shape index (κ3) is 1.83. The number of rotatable bonds is 1. The molecule has 1 rings (SSSR count). The normalized spacial score (nSPS) is 9.46. The lowest BCUT2D eigenvalue weighted by Crippen LogP contribution is -2.33. The van der Waals surface area contributed by atoms with E-state index in [-0.39, 0.29) is 0 Å². The molecular formula is C7H4BF2NO2. The van der Waals surface area contributed by atoms with Gasteiger partial charge < -0.3 is 10.0 Å². The van der Waals surface area contributed by atoms with Crippen LogP contribution in [0.5, 0.6) is 0 Å². The predicted octanol–water partition coefficient (Wildman–Crippen LogP) is -0.484. The first-order valence-corrected chi connectivity index (χ1v) is 3.31. The number of hydrogen-bond acceptors (Lipinski definition) is 3. The standard InChI is InChI=1S/C7H4BF2NO2/c9-6-2-5(8(12)13)7(10)1-4(6)3-11/h1-2,12-13H. The molecule has 0 aliphatic carbocycles. The van der Waals surface area contributed by atoms with Gasteiger partial charge in [-0.25, -0.2) is 8.78 Å². The van der Waals surface area contributed by atoms with Gasteiger partial charge in [0, 0.05) is 5.46 Å². The Labute approximate surface area is 73.0 Å². The molecule has 0 spiro atoms. The first-order valence-electron chi connectivity index (χ1n) is 3.31. The highest BCUT2D eigenvalue weighted by atomic mass is 19.1. The third-order valence-electron chi connectivity index (χ3n) is 1.48. The molecule has 0 aliphatic rings. The molecule has 0 aromatic heterocycles. The molecule has 0 radical (unpaired) electrons. The van der Waals surface area contributed by atoms with Crippen LogP contribution in [0.2, 0.25) is 0 Å². The molecule has 0 amide bonds. The molecule has 0 fully saturated rings. The molecular weight excluding hydrogens is 179 g/mol. The van der Waals surface area contributed by atoms with E-state index in [0.717, 1.165) is 0 Å². The summed E-state index contributed by atoms with van der Waals surface area (Å²) >= 11 is 0. The van der Waals surface area contributed by atoms with Gasteiger partial charge in [-0.2, -0.15) is 5.26 Å². The minimum Gasteiger partial charge on any atom is -0.423 e. The van der Waals surface area contributed by atoms with Crippen molar-refractivity contribution in [2.24, 2.45) is 0 Å². The van der Waals surface area contributed by atoms with Crippen molar-refractivity contribution in [2.75, 3.05) is 0 Å². The molecule has 6 heteroatoms. The largest absolute Gasteiger partial charge is 0.491 e. The molecule has 13 heavy (non-hydrogen) atoms. The van der Waals surface area contributed by atoms with E-state index in [1.807, 2.05) is 0 Å². The Morgan fingerprint density at radius 2 is 1.85 bits per heavy atom. The monoisotopic (exact) mass is 183 g/mol. The van der Waals surface area contributed by atoms with Crippen molar-refractivity contribution in [1.82, 2.24) is 0 Å². The SMILES string of the molecule is N#Cc1cc(F)c(B(O)O)cc1F. The van der Waals surface area contributed by atoms with Gasteiger partial charge in [0.2, 0.25) is 0 Å². The Morgan fingerprint density at radius 1 is 1.23 bits per heavy atom. The summed E-state index contributed by atoms with van der Waals surface area (Å²) in [6, 6.07) is 2.62. The van der Waals surface area contributed by atoms with Gasteiger partial charge in [0.1, 0.15) is 17.7 Å². The zero-order valence-corrected chi connectivity index (χ0v) is 6.33. The van der Waals surface area contributed by atoms with Crippen LogP contribution in [0, 0.1) is 23.0 Å². The van der Waals surface area contributed by atoms with Crippen LogP contribution in [0.15, 0.2) is 12.1 Å². The quantitative estimate of drug-likeness (QED) is 0.577. The Hall–Kier alpha value is -1.45. The molecule has 0 saturated heterocycles. The van der Waals surface area contributed by atoms with Gasteiger partial charge in [0.15, 0.2) is 0 Å². The molecule has 0 heterocycles. The van der Waals surface area contributed by atoms with Crippen molar-refractivity contribution in [3.63, 3.8) is 0 Å². The van der Waals surface area contributed by atoms with Crippen LogP contribution >= 0.6 is 0 Å². The van der Waals surface area contributed by atoms with E-state index in [1.54, 1.807) is 0 Å². The van der Waals surface area contributed by atoms with Crippen molar-refractivity contribution >= 4 is 12.6 Å². The zero-order valence-electron chi connectivity index (χ0n) is 6.33. The molecule has 0 bridgehead atoms. The van der Waals surface area contributed by atoms with Gasteiger partial charge in [0.25, 0.3) is 0 Å². The lowest BCUT2D eigenvalue weighted by molar-refractivity contribution is 0.422. The molecule has 3 nitrogen and oxygen atoms in total. The Kier molecular flexibility index (Phi) is 2.61. The van der Waals surface area contributed by atoms with Crippen molar-refractivity contribution in [1.29, 1.82) is 5.26 Å².